The van der Waals surface area contributed by atoms with Crippen LogP contribution in [-0.2, 0) is 11.2 Å². The number of hydrogen-bond acceptors (Lipinski definition) is 7. The minimum Gasteiger partial charge on any atom is -0.370 e. The summed E-state index contributed by atoms with van der Waals surface area (Å²) in [4.78, 5) is 25.0. The summed E-state index contributed by atoms with van der Waals surface area (Å²) in [5.41, 5.74) is 3.10. The fourth-order valence-electron chi connectivity index (χ4n) is 3.74. The Balaban J connectivity index is 1.48. The molecule has 0 aliphatic heterocycles. The average molecular weight is 464 g/mol. The Hall–Kier alpha value is -3.92. The Morgan fingerprint density at radius 1 is 1.24 bits per heavy atom. The number of carbonyl (C=O) groups is 1. The third-order valence-electron chi connectivity index (χ3n) is 5.43. The zero-order valence-electron chi connectivity index (χ0n) is 19.2. The minimum absolute atomic E-state index is 0.00181. The summed E-state index contributed by atoms with van der Waals surface area (Å²) in [6.07, 6.45) is 6.66. The molecule has 0 fully saturated rings. The predicted octanol–water partition coefficient (Wildman–Crippen LogP) is 3.60. The van der Waals surface area contributed by atoms with Crippen molar-refractivity contribution < 1.29 is 13.9 Å². The van der Waals surface area contributed by atoms with Crippen molar-refractivity contribution >= 4 is 22.6 Å². The van der Waals surface area contributed by atoms with Crippen LogP contribution in [0.3, 0.4) is 0 Å². The molecule has 2 N–H and O–H groups in total. The van der Waals surface area contributed by atoms with E-state index in [1.165, 1.54) is 13.4 Å². The van der Waals surface area contributed by atoms with Gasteiger partial charge >= 0.3 is 0 Å². The number of rotatable bonds is 9. The van der Waals surface area contributed by atoms with Gasteiger partial charge in [-0.1, -0.05) is 18.2 Å². The maximum Gasteiger partial charge on any atom is 0.254 e. The molecule has 0 aliphatic rings. The number of para-hydroxylation sites is 1. The van der Waals surface area contributed by atoms with Gasteiger partial charge in [-0.25, -0.2) is 19.0 Å². The molecule has 10 heteroatoms. The van der Waals surface area contributed by atoms with E-state index >= 15 is 0 Å². The highest BCUT2D eigenvalue weighted by Gasteiger charge is 2.17. The standard InChI is InChI=1S/C24H26FN7O2/c1-4-34-15(2)32-13-17(11-31-32)20-10-21(30-14-29-20)27-9-8-16-6-5-7-18-22(24(33)26-3)19(25)12-28-23(16)18/h5-7,10-15H,4,8-9H2,1-3H3,(H,26,33)(H,27,29,30). The third kappa shape index (κ3) is 4.86. The number of amides is 1. The van der Waals surface area contributed by atoms with Gasteiger partial charge in [0.2, 0.25) is 0 Å². The molecule has 1 amide bonds. The first-order chi connectivity index (χ1) is 16.5. The number of pyridine rings is 1. The molecule has 1 aromatic carbocycles. The van der Waals surface area contributed by atoms with E-state index in [-0.39, 0.29) is 11.8 Å². The first kappa shape index (κ1) is 23.2. The molecule has 0 saturated heterocycles. The topological polar surface area (TPSA) is 107 Å². The summed E-state index contributed by atoms with van der Waals surface area (Å²) in [7, 11) is 1.47. The largest absolute Gasteiger partial charge is 0.370 e. The minimum atomic E-state index is -0.644. The van der Waals surface area contributed by atoms with Crippen molar-refractivity contribution in [1.82, 2.24) is 30.0 Å². The number of halogens is 1. The Kier molecular flexibility index (Phi) is 7.07. The predicted molar refractivity (Wildman–Crippen MR) is 127 cm³/mol. The zero-order valence-corrected chi connectivity index (χ0v) is 19.2. The highest BCUT2D eigenvalue weighted by Crippen LogP contribution is 2.24. The maximum absolute atomic E-state index is 14.3. The smallest absolute Gasteiger partial charge is 0.254 e. The third-order valence-corrected chi connectivity index (χ3v) is 5.43. The molecule has 4 aromatic rings. The lowest BCUT2D eigenvalue weighted by molar-refractivity contribution is 0.0160. The van der Waals surface area contributed by atoms with Crippen LogP contribution < -0.4 is 10.6 Å². The highest BCUT2D eigenvalue weighted by molar-refractivity contribution is 6.06. The molecule has 0 radical (unpaired) electrons. The van der Waals surface area contributed by atoms with E-state index in [2.05, 4.69) is 30.7 Å². The number of carbonyl (C=O) groups excluding carboxylic acids is 1. The molecular weight excluding hydrogens is 437 g/mol. The summed E-state index contributed by atoms with van der Waals surface area (Å²) in [5.74, 6) is -0.455. The lowest BCUT2D eigenvalue weighted by atomic mass is 10.0. The normalized spacial score (nSPS) is 12.0. The number of anilines is 1. The van der Waals surface area contributed by atoms with E-state index in [0.29, 0.717) is 36.3 Å². The van der Waals surface area contributed by atoms with E-state index < -0.39 is 11.7 Å². The summed E-state index contributed by atoms with van der Waals surface area (Å²) in [6, 6.07) is 7.28. The van der Waals surface area contributed by atoms with Crippen LogP contribution in [0.15, 0.2) is 49.2 Å². The monoisotopic (exact) mass is 463 g/mol. The van der Waals surface area contributed by atoms with E-state index in [9.17, 15) is 9.18 Å². The van der Waals surface area contributed by atoms with E-state index in [1.807, 2.05) is 32.2 Å². The van der Waals surface area contributed by atoms with Gasteiger partial charge in [0.15, 0.2) is 5.82 Å². The van der Waals surface area contributed by atoms with Gasteiger partial charge in [0, 0.05) is 43.4 Å². The fraction of sp³-hybridized carbons (Fsp3) is 0.292. The van der Waals surface area contributed by atoms with Crippen LogP contribution in [0.25, 0.3) is 22.2 Å². The van der Waals surface area contributed by atoms with Gasteiger partial charge in [-0.05, 0) is 25.8 Å². The van der Waals surface area contributed by atoms with E-state index in [1.54, 1.807) is 23.0 Å². The summed E-state index contributed by atoms with van der Waals surface area (Å²) in [6.45, 7) is 5.04. The van der Waals surface area contributed by atoms with Gasteiger partial charge in [0.1, 0.15) is 18.4 Å². The Morgan fingerprint density at radius 2 is 2.09 bits per heavy atom. The molecule has 1 atom stereocenters. The maximum atomic E-state index is 14.3. The van der Waals surface area contributed by atoms with Gasteiger partial charge in [-0.2, -0.15) is 5.10 Å². The number of benzene rings is 1. The highest BCUT2D eigenvalue weighted by atomic mass is 19.1. The molecular formula is C24H26FN7O2. The summed E-state index contributed by atoms with van der Waals surface area (Å²) < 4.78 is 21.6. The van der Waals surface area contributed by atoms with Crippen molar-refractivity contribution in [3.05, 3.63) is 66.1 Å². The molecule has 0 saturated carbocycles. The fourth-order valence-corrected chi connectivity index (χ4v) is 3.74. The summed E-state index contributed by atoms with van der Waals surface area (Å²) >= 11 is 0. The van der Waals surface area contributed by atoms with Crippen LogP contribution in [0.1, 0.15) is 36.0 Å². The number of nitrogens with zero attached hydrogens (tertiary/aromatic N) is 5. The van der Waals surface area contributed by atoms with E-state index in [0.717, 1.165) is 23.0 Å². The molecule has 3 aromatic heterocycles. The Morgan fingerprint density at radius 3 is 2.88 bits per heavy atom. The number of nitrogens with one attached hydrogen (secondary N) is 2. The van der Waals surface area contributed by atoms with Crippen molar-refractivity contribution in [2.75, 3.05) is 25.5 Å². The van der Waals surface area contributed by atoms with E-state index in [4.69, 9.17) is 4.74 Å². The molecule has 34 heavy (non-hydrogen) atoms. The number of fused-ring (bicyclic) bond motifs is 1. The van der Waals surface area contributed by atoms with Crippen LogP contribution in [0.2, 0.25) is 0 Å². The first-order valence-corrected chi connectivity index (χ1v) is 11.0. The van der Waals surface area contributed by atoms with Gasteiger partial charge in [-0.3, -0.25) is 9.78 Å². The lowest BCUT2D eigenvalue weighted by Gasteiger charge is -2.11. The number of aromatic nitrogens is 5. The van der Waals surface area contributed by atoms with Crippen molar-refractivity contribution in [1.29, 1.82) is 0 Å². The lowest BCUT2D eigenvalue weighted by Crippen LogP contribution is -2.20. The second-order valence-corrected chi connectivity index (χ2v) is 7.60. The number of ether oxygens (including phenoxy) is 1. The van der Waals surface area contributed by atoms with Crippen molar-refractivity contribution in [2.45, 2.75) is 26.5 Å². The van der Waals surface area contributed by atoms with Gasteiger partial charge in [0.25, 0.3) is 5.91 Å². The molecule has 4 rings (SSSR count). The van der Waals surface area contributed by atoms with Gasteiger partial charge < -0.3 is 15.4 Å². The molecule has 0 spiro atoms. The molecule has 176 valence electrons. The molecule has 0 bridgehead atoms. The second kappa shape index (κ2) is 10.3. The zero-order chi connectivity index (χ0) is 24.1. The van der Waals surface area contributed by atoms with Crippen LogP contribution >= 0.6 is 0 Å². The quantitative estimate of drug-likeness (QED) is 0.391. The van der Waals surface area contributed by atoms with Crippen molar-refractivity contribution in [2.24, 2.45) is 0 Å². The van der Waals surface area contributed by atoms with Crippen LogP contribution in [0, 0.1) is 5.82 Å². The van der Waals surface area contributed by atoms with Gasteiger partial charge in [-0.15, -0.1) is 0 Å². The molecule has 1 unspecified atom stereocenters. The molecule has 9 nitrogen and oxygen atoms in total. The van der Waals surface area contributed by atoms with Gasteiger partial charge in [0.05, 0.1) is 29.2 Å². The Bertz CT molecular complexity index is 1310. The van der Waals surface area contributed by atoms with Crippen molar-refractivity contribution in [3.8, 4) is 11.3 Å². The van der Waals surface area contributed by atoms with Crippen LogP contribution in [0.5, 0.6) is 0 Å². The average Bonchev–Trinajstić information content (AvgIpc) is 3.35. The molecule has 0 aliphatic carbocycles. The second-order valence-electron chi connectivity index (χ2n) is 7.60. The first-order valence-electron chi connectivity index (χ1n) is 11.0. The van der Waals surface area contributed by atoms with Crippen molar-refractivity contribution in [3.63, 3.8) is 0 Å². The number of hydrogen-bond donors (Lipinski definition) is 2. The van der Waals surface area contributed by atoms with Crippen LogP contribution in [-0.4, -0.2) is 50.8 Å². The SMILES string of the molecule is CCOC(C)n1cc(-c2cc(NCCc3cccc4c(C(=O)NC)c(F)cnc34)ncn2)cn1. The molecule has 3 heterocycles. The van der Waals surface area contributed by atoms with Crippen LogP contribution in [0.4, 0.5) is 10.2 Å². The Labute approximate surface area is 196 Å². The summed E-state index contributed by atoms with van der Waals surface area (Å²) in [5, 5.41) is 10.6.